The largest absolute Gasteiger partial charge is 0.368 e. The Hall–Kier alpha value is -3.72. The number of rotatable bonds is 4. The highest BCUT2D eigenvalue weighted by Crippen LogP contribution is 2.36. The molecule has 2 aliphatic heterocycles. The molecular formula is C28H29FN6OS. The molecular weight excluding hydrogens is 487 g/mol. The van der Waals surface area contributed by atoms with Crippen molar-refractivity contribution in [3.05, 3.63) is 77.2 Å². The van der Waals surface area contributed by atoms with Crippen LogP contribution >= 0.6 is 11.3 Å². The standard InChI is InChI=1S/C28H29FN6OS/c1-20-24-26(34-15-11-32(12-16-34)21-7-3-2-4-8-21)30-19-31-27(24)37-25(20)28(36)35-17-13-33(14-18-35)23-10-6-5-9-22(23)29/h2-10,19H,11-18H2,1H3. The Morgan fingerprint density at radius 2 is 1.46 bits per heavy atom. The lowest BCUT2D eigenvalue weighted by atomic mass is 10.1. The van der Waals surface area contributed by atoms with Gasteiger partial charge < -0.3 is 19.6 Å². The summed E-state index contributed by atoms with van der Waals surface area (Å²) in [6.45, 7) is 7.87. The van der Waals surface area contributed by atoms with Gasteiger partial charge in [-0.1, -0.05) is 30.3 Å². The molecule has 0 aliphatic carbocycles. The second-order valence-electron chi connectivity index (χ2n) is 9.47. The number of thiophene rings is 1. The van der Waals surface area contributed by atoms with Gasteiger partial charge in [0.15, 0.2) is 0 Å². The van der Waals surface area contributed by atoms with E-state index < -0.39 is 0 Å². The maximum atomic E-state index is 14.2. The fraction of sp³-hybridized carbons (Fsp3) is 0.321. The van der Waals surface area contributed by atoms with E-state index in [0.717, 1.165) is 52.7 Å². The van der Waals surface area contributed by atoms with Crippen molar-refractivity contribution in [2.45, 2.75) is 6.92 Å². The van der Waals surface area contributed by atoms with Gasteiger partial charge in [0.05, 0.1) is 16.0 Å². The predicted molar refractivity (Wildman–Crippen MR) is 148 cm³/mol. The third kappa shape index (κ3) is 4.48. The number of para-hydroxylation sites is 2. The number of piperazine rings is 2. The van der Waals surface area contributed by atoms with Gasteiger partial charge in [0.2, 0.25) is 0 Å². The maximum absolute atomic E-state index is 14.2. The van der Waals surface area contributed by atoms with Crippen LogP contribution in [0.1, 0.15) is 15.2 Å². The zero-order chi connectivity index (χ0) is 25.4. The molecule has 2 saturated heterocycles. The van der Waals surface area contributed by atoms with Gasteiger partial charge >= 0.3 is 0 Å². The summed E-state index contributed by atoms with van der Waals surface area (Å²) in [6.07, 6.45) is 1.61. The normalized spacial score (nSPS) is 16.5. The van der Waals surface area contributed by atoms with E-state index in [2.05, 4.69) is 44.0 Å². The molecule has 7 nitrogen and oxygen atoms in total. The molecule has 0 saturated carbocycles. The van der Waals surface area contributed by atoms with Gasteiger partial charge in [-0.3, -0.25) is 4.79 Å². The summed E-state index contributed by atoms with van der Waals surface area (Å²) in [4.78, 5) is 32.9. The Bertz CT molecular complexity index is 1410. The Kier molecular flexibility index (Phi) is 6.38. The zero-order valence-corrected chi connectivity index (χ0v) is 21.6. The molecule has 37 heavy (non-hydrogen) atoms. The van der Waals surface area contributed by atoms with E-state index in [4.69, 9.17) is 0 Å². The van der Waals surface area contributed by atoms with Crippen molar-refractivity contribution < 1.29 is 9.18 Å². The molecule has 0 radical (unpaired) electrons. The van der Waals surface area contributed by atoms with Gasteiger partial charge in [-0.25, -0.2) is 14.4 Å². The van der Waals surface area contributed by atoms with Crippen LogP contribution in [-0.4, -0.2) is 73.1 Å². The summed E-state index contributed by atoms with van der Waals surface area (Å²) in [5.74, 6) is 0.710. The minimum Gasteiger partial charge on any atom is -0.368 e. The molecule has 1 amide bonds. The molecule has 0 unspecified atom stereocenters. The molecule has 2 aromatic heterocycles. The Balaban J connectivity index is 1.18. The van der Waals surface area contributed by atoms with Gasteiger partial charge in [0, 0.05) is 58.0 Å². The van der Waals surface area contributed by atoms with Crippen LogP contribution in [0.4, 0.5) is 21.6 Å². The van der Waals surface area contributed by atoms with Crippen LogP contribution in [0.15, 0.2) is 60.9 Å². The number of nitrogens with zero attached hydrogens (tertiary/aromatic N) is 6. The summed E-state index contributed by atoms with van der Waals surface area (Å²) in [7, 11) is 0. The molecule has 0 N–H and O–H groups in total. The number of fused-ring (bicyclic) bond motifs is 1. The van der Waals surface area contributed by atoms with Crippen molar-refractivity contribution in [3.63, 3.8) is 0 Å². The summed E-state index contributed by atoms with van der Waals surface area (Å²) >= 11 is 1.45. The molecule has 4 heterocycles. The van der Waals surface area contributed by atoms with Crippen molar-refractivity contribution in [1.29, 1.82) is 0 Å². The van der Waals surface area contributed by atoms with Crippen LogP contribution < -0.4 is 14.7 Å². The second kappa shape index (κ2) is 9.97. The van der Waals surface area contributed by atoms with Crippen molar-refractivity contribution in [1.82, 2.24) is 14.9 Å². The Morgan fingerprint density at radius 1 is 0.811 bits per heavy atom. The van der Waals surface area contributed by atoms with E-state index in [1.807, 2.05) is 28.9 Å². The monoisotopic (exact) mass is 516 g/mol. The second-order valence-corrected chi connectivity index (χ2v) is 10.5. The van der Waals surface area contributed by atoms with E-state index in [0.29, 0.717) is 31.9 Å². The maximum Gasteiger partial charge on any atom is 0.264 e. The van der Waals surface area contributed by atoms with Crippen LogP contribution in [0.25, 0.3) is 10.2 Å². The zero-order valence-electron chi connectivity index (χ0n) is 20.8. The van der Waals surface area contributed by atoms with Crippen LogP contribution in [-0.2, 0) is 0 Å². The number of carbonyl (C=O) groups excluding carboxylic acids is 1. The number of hydrogen-bond acceptors (Lipinski definition) is 7. The van der Waals surface area contributed by atoms with E-state index in [-0.39, 0.29) is 11.7 Å². The topological polar surface area (TPSA) is 55.8 Å². The molecule has 2 aliphatic rings. The van der Waals surface area contributed by atoms with Crippen molar-refractivity contribution in [3.8, 4) is 0 Å². The predicted octanol–water partition coefficient (Wildman–Crippen LogP) is 4.43. The number of halogens is 1. The third-order valence-electron chi connectivity index (χ3n) is 7.36. The van der Waals surface area contributed by atoms with Gasteiger partial charge in [0.25, 0.3) is 5.91 Å². The Labute approximate surface area is 219 Å². The molecule has 4 aromatic rings. The summed E-state index contributed by atoms with van der Waals surface area (Å²) < 4.78 is 14.2. The van der Waals surface area contributed by atoms with Crippen LogP contribution in [0.3, 0.4) is 0 Å². The summed E-state index contributed by atoms with van der Waals surface area (Å²) in [5.41, 5.74) is 2.78. The summed E-state index contributed by atoms with van der Waals surface area (Å²) in [5, 5.41) is 0.981. The van der Waals surface area contributed by atoms with E-state index >= 15 is 0 Å². The number of anilines is 3. The summed E-state index contributed by atoms with van der Waals surface area (Å²) in [6, 6.07) is 17.3. The fourth-order valence-electron chi connectivity index (χ4n) is 5.31. The number of benzene rings is 2. The van der Waals surface area contributed by atoms with Crippen molar-refractivity contribution in [2.24, 2.45) is 0 Å². The minimum atomic E-state index is -0.224. The molecule has 9 heteroatoms. The van der Waals surface area contributed by atoms with Crippen molar-refractivity contribution >= 4 is 44.7 Å². The van der Waals surface area contributed by atoms with E-state index in [1.165, 1.54) is 23.1 Å². The van der Waals surface area contributed by atoms with E-state index in [9.17, 15) is 9.18 Å². The molecule has 2 aromatic carbocycles. The minimum absolute atomic E-state index is 0.0218. The third-order valence-corrected chi connectivity index (χ3v) is 8.55. The SMILES string of the molecule is Cc1c(C(=O)N2CCN(c3ccccc3F)CC2)sc2ncnc(N3CCN(c4ccccc4)CC3)c12. The van der Waals surface area contributed by atoms with Gasteiger partial charge in [-0.05, 0) is 36.8 Å². The van der Waals surface area contributed by atoms with Crippen molar-refractivity contribution in [2.75, 3.05) is 67.1 Å². The number of aryl methyl sites for hydroxylation is 1. The first-order valence-corrected chi connectivity index (χ1v) is 13.5. The van der Waals surface area contributed by atoms with Gasteiger partial charge in [0.1, 0.15) is 22.8 Å². The molecule has 0 atom stereocenters. The average Bonchev–Trinajstić information content (AvgIpc) is 3.30. The highest BCUT2D eigenvalue weighted by molar-refractivity contribution is 7.20. The number of carbonyl (C=O) groups is 1. The van der Waals surface area contributed by atoms with Crippen LogP contribution in [0, 0.1) is 12.7 Å². The lowest BCUT2D eigenvalue weighted by molar-refractivity contribution is 0.0751. The lowest BCUT2D eigenvalue weighted by Crippen LogP contribution is -2.49. The molecule has 0 bridgehead atoms. The molecule has 2 fully saturated rings. The quantitative estimate of drug-likeness (QED) is 0.400. The Morgan fingerprint density at radius 3 is 2.19 bits per heavy atom. The van der Waals surface area contributed by atoms with Crippen LogP contribution in [0.5, 0.6) is 0 Å². The van der Waals surface area contributed by atoms with Gasteiger partial charge in [-0.2, -0.15) is 0 Å². The molecule has 6 rings (SSSR count). The number of amides is 1. The smallest absolute Gasteiger partial charge is 0.264 e. The first kappa shape index (κ1) is 23.7. The fourth-order valence-corrected chi connectivity index (χ4v) is 6.43. The average molecular weight is 517 g/mol. The molecule has 190 valence electrons. The highest BCUT2D eigenvalue weighted by Gasteiger charge is 2.29. The number of hydrogen-bond donors (Lipinski definition) is 0. The highest BCUT2D eigenvalue weighted by atomic mass is 32.1. The van der Waals surface area contributed by atoms with E-state index in [1.54, 1.807) is 18.5 Å². The number of aromatic nitrogens is 2. The van der Waals surface area contributed by atoms with Gasteiger partial charge in [-0.15, -0.1) is 11.3 Å². The molecule has 0 spiro atoms. The first-order valence-electron chi connectivity index (χ1n) is 12.7. The van der Waals surface area contributed by atoms with Crippen LogP contribution in [0.2, 0.25) is 0 Å². The first-order chi connectivity index (χ1) is 18.1. The lowest BCUT2D eigenvalue weighted by Gasteiger charge is -2.37.